The standard InChI is InChI=1S/C15H19NO5/c1-10-8-11(6-7-20-10)15(19)16-12-2-4-13(5-3-12)21-9-14(17)18/h2-5,10-11H,6-9H2,1H3,(H,16,19)(H,17,18). The van der Waals surface area contributed by atoms with Crippen LogP contribution in [0.15, 0.2) is 24.3 Å². The molecule has 1 fully saturated rings. The van der Waals surface area contributed by atoms with Crippen LogP contribution in [0.2, 0.25) is 0 Å². The van der Waals surface area contributed by atoms with E-state index in [-0.39, 0.29) is 24.5 Å². The summed E-state index contributed by atoms with van der Waals surface area (Å²) in [7, 11) is 0. The lowest BCUT2D eigenvalue weighted by atomic mass is 9.95. The number of hydrogen-bond acceptors (Lipinski definition) is 4. The van der Waals surface area contributed by atoms with E-state index in [1.165, 1.54) is 0 Å². The first-order valence-corrected chi connectivity index (χ1v) is 6.91. The Hall–Kier alpha value is -2.08. The van der Waals surface area contributed by atoms with Crippen molar-refractivity contribution in [2.24, 2.45) is 5.92 Å². The molecule has 21 heavy (non-hydrogen) atoms. The number of carbonyl (C=O) groups excluding carboxylic acids is 1. The van der Waals surface area contributed by atoms with Crippen molar-refractivity contribution >= 4 is 17.6 Å². The van der Waals surface area contributed by atoms with Crippen molar-refractivity contribution in [3.63, 3.8) is 0 Å². The zero-order valence-corrected chi connectivity index (χ0v) is 11.9. The summed E-state index contributed by atoms with van der Waals surface area (Å²) in [6.45, 7) is 2.20. The molecule has 1 aromatic carbocycles. The van der Waals surface area contributed by atoms with Gasteiger partial charge in [-0.15, -0.1) is 0 Å². The number of nitrogens with one attached hydrogen (secondary N) is 1. The van der Waals surface area contributed by atoms with Crippen molar-refractivity contribution in [1.29, 1.82) is 0 Å². The van der Waals surface area contributed by atoms with Crippen LogP contribution >= 0.6 is 0 Å². The van der Waals surface area contributed by atoms with Crippen LogP contribution < -0.4 is 10.1 Å². The van der Waals surface area contributed by atoms with Gasteiger partial charge in [-0.2, -0.15) is 0 Å². The van der Waals surface area contributed by atoms with Gasteiger partial charge in [0, 0.05) is 18.2 Å². The number of hydrogen-bond donors (Lipinski definition) is 2. The van der Waals surface area contributed by atoms with Gasteiger partial charge in [-0.25, -0.2) is 4.79 Å². The molecule has 1 heterocycles. The Kier molecular flexibility index (Phi) is 5.16. The highest BCUT2D eigenvalue weighted by Gasteiger charge is 2.25. The summed E-state index contributed by atoms with van der Waals surface area (Å²) in [5.74, 6) is -0.614. The minimum absolute atomic E-state index is 0.00986. The van der Waals surface area contributed by atoms with Crippen LogP contribution in [0.4, 0.5) is 5.69 Å². The van der Waals surface area contributed by atoms with E-state index in [9.17, 15) is 9.59 Å². The molecule has 0 saturated carbocycles. The molecule has 1 amide bonds. The Bertz CT molecular complexity index is 499. The Morgan fingerprint density at radius 3 is 2.71 bits per heavy atom. The Balaban J connectivity index is 1.87. The predicted octanol–water partition coefficient (Wildman–Crippen LogP) is 1.90. The van der Waals surface area contributed by atoms with E-state index in [1.54, 1.807) is 24.3 Å². The molecule has 0 aliphatic carbocycles. The molecular weight excluding hydrogens is 274 g/mol. The van der Waals surface area contributed by atoms with Gasteiger partial charge in [0.1, 0.15) is 5.75 Å². The lowest BCUT2D eigenvalue weighted by Gasteiger charge is -2.26. The highest BCUT2D eigenvalue weighted by molar-refractivity contribution is 5.92. The molecule has 2 N–H and O–H groups in total. The van der Waals surface area contributed by atoms with Crippen LogP contribution in [0.5, 0.6) is 5.75 Å². The average molecular weight is 293 g/mol. The maximum Gasteiger partial charge on any atom is 0.341 e. The van der Waals surface area contributed by atoms with Crippen LogP contribution in [0.1, 0.15) is 19.8 Å². The van der Waals surface area contributed by atoms with Crippen molar-refractivity contribution in [1.82, 2.24) is 0 Å². The Labute approximate surface area is 123 Å². The number of amides is 1. The van der Waals surface area contributed by atoms with Gasteiger partial charge < -0.3 is 19.9 Å². The van der Waals surface area contributed by atoms with Crippen LogP contribution in [0, 0.1) is 5.92 Å². The van der Waals surface area contributed by atoms with Crippen LogP contribution in [-0.4, -0.2) is 36.3 Å². The molecule has 2 unspecified atom stereocenters. The molecule has 2 atom stereocenters. The van der Waals surface area contributed by atoms with Crippen molar-refractivity contribution in [2.75, 3.05) is 18.5 Å². The number of ether oxygens (including phenoxy) is 2. The molecule has 1 aliphatic rings. The molecule has 0 aromatic heterocycles. The van der Waals surface area contributed by atoms with Crippen molar-refractivity contribution in [3.8, 4) is 5.75 Å². The van der Waals surface area contributed by atoms with Gasteiger partial charge in [0.25, 0.3) is 0 Å². The van der Waals surface area contributed by atoms with Crippen molar-refractivity contribution in [3.05, 3.63) is 24.3 Å². The van der Waals surface area contributed by atoms with Gasteiger partial charge in [-0.3, -0.25) is 4.79 Å². The molecule has 0 radical (unpaired) electrons. The van der Waals surface area contributed by atoms with E-state index >= 15 is 0 Å². The summed E-state index contributed by atoms with van der Waals surface area (Å²) in [6.07, 6.45) is 1.57. The second-order valence-corrected chi connectivity index (χ2v) is 5.10. The number of carbonyl (C=O) groups is 2. The van der Waals surface area contributed by atoms with Gasteiger partial charge in [0.2, 0.25) is 5.91 Å². The molecule has 1 aromatic rings. The average Bonchev–Trinajstić information content (AvgIpc) is 2.46. The van der Waals surface area contributed by atoms with E-state index in [0.29, 0.717) is 18.0 Å². The van der Waals surface area contributed by atoms with E-state index < -0.39 is 5.97 Å². The number of benzene rings is 1. The zero-order chi connectivity index (χ0) is 15.2. The van der Waals surface area contributed by atoms with Crippen LogP contribution in [-0.2, 0) is 14.3 Å². The van der Waals surface area contributed by atoms with Gasteiger partial charge >= 0.3 is 5.97 Å². The van der Waals surface area contributed by atoms with Crippen molar-refractivity contribution in [2.45, 2.75) is 25.9 Å². The fraction of sp³-hybridized carbons (Fsp3) is 0.467. The quantitative estimate of drug-likeness (QED) is 0.866. The maximum atomic E-state index is 12.1. The molecule has 1 saturated heterocycles. The third kappa shape index (κ3) is 4.75. The summed E-state index contributed by atoms with van der Waals surface area (Å²) in [5.41, 5.74) is 0.668. The van der Waals surface area contributed by atoms with Crippen LogP contribution in [0.3, 0.4) is 0 Å². The highest BCUT2D eigenvalue weighted by atomic mass is 16.5. The smallest absolute Gasteiger partial charge is 0.341 e. The first-order chi connectivity index (χ1) is 10.0. The van der Waals surface area contributed by atoms with Gasteiger partial charge in [0.05, 0.1) is 6.10 Å². The minimum Gasteiger partial charge on any atom is -0.482 e. The molecule has 0 bridgehead atoms. The first-order valence-electron chi connectivity index (χ1n) is 6.91. The predicted molar refractivity (Wildman–Crippen MR) is 76.3 cm³/mol. The Morgan fingerprint density at radius 1 is 1.38 bits per heavy atom. The molecule has 1 aliphatic heterocycles. The summed E-state index contributed by atoms with van der Waals surface area (Å²) in [6, 6.07) is 6.64. The highest BCUT2D eigenvalue weighted by Crippen LogP contribution is 2.22. The number of carboxylic acid groups (broad SMARTS) is 1. The largest absolute Gasteiger partial charge is 0.482 e. The monoisotopic (exact) mass is 293 g/mol. The van der Waals surface area contributed by atoms with E-state index in [0.717, 1.165) is 12.8 Å². The summed E-state index contributed by atoms with van der Waals surface area (Å²) in [5, 5.41) is 11.4. The summed E-state index contributed by atoms with van der Waals surface area (Å²) in [4.78, 5) is 22.5. The second kappa shape index (κ2) is 7.08. The van der Waals surface area contributed by atoms with Crippen LogP contribution in [0.25, 0.3) is 0 Å². The maximum absolute atomic E-state index is 12.1. The Morgan fingerprint density at radius 2 is 2.10 bits per heavy atom. The summed E-state index contributed by atoms with van der Waals surface area (Å²) >= 11 is 0. The lowest BCUT2D eigenvalue weighted by Crippen LogP contribution is -2.32. The second-order valence-electron chi connectivity index (χ2n) is 5.10. The first kappa shape index (κ1) is 15.3. The van der Waals surface area contributed by atoms with Gasteiger partial charge in [-0.05, 0) is 44.0 Å². The molecule has 6 nitrogen and oxygen atoms in total. The molecule has 6 heteroatoms. The van der Waals surface area contributed by atoms with E-state index in [4.69, 9.17) is 14.6 Å². The third-order valence-corrected chi connectivity index (χ3v) is 3.34. The number of aliphatic carboxylic acids is 1. The summed E-state index contributed by atoms with van der Waals surface area (Å²) < 4.78 is 10.5. The van der Waals surface area contributed by atoms with Crippen molar-refractivity contribution < 1.29 is 24.2 Å². The third-order valence-electron chi connectivity index (χ3n) is 3.34. The normalized spacial score (nSPS) is 21.6. The fourth-order valence-corrected chi connectivity index (χ4v) is 2.26. The van der Waals surface area contributed by atoms with Gasteiger partial charge in [0.15, 0.2) is 6.61 Å². The zero-order valence-electron chi connectivity index (χ0n) is 11.9. The lowest BCUT2D eigenvalue weighted by molar-refractivity contribution is -0.139. The molecular formula is C15H19NO5. The SMILES string of the molecule is CC1CC(C(=O)Nc2ccc(OCC(=O)O)cc2)CCO1. The fourth-order valence-electron chi connectivity index (χ4n) is 2.26. The number of carboxylic acids is 1. The van der Waals surface area contributed by atoms with Gasteiger partial charge in [-0.1, -0.05) is 0 Å². The van der Waals surface area contributed by atoms with E-state index in [2.05, 4.69) is 5.32 Å². The minimum atomic E-state index is -1.03. The molecule has 0 spiro atoms. The molecule has 114 valence electrons. The number of rotatable bonds is 5. The van der Waals surface area contributed by atoms with E-state index in [1.807, 2.05) is 6.92 Å². The number of anilines is 1. The molecule has 2 rings (SSSR count). The topological polar surface area (TPSA) is 84.9 Å².